The van der Waals surface area contributed by atoms with Gasteiger partial charge in [-0.15, -0.1) is 23.5 Å². The lowest BCUT2D eigenvalue weighted by molar-refractivity contribution is -0.130. The third kappa shape index (κ3) is 5.49. The number of benzene rings is 2. The molecule has 0 radical (unpaired) electrons. The summed E-state index contributed by atoms with van der Waals surface area (Å²) in [6, 6.07) is 15.0. The minimum atomic E-state index is -0.967. The van der Waals surface area contributed by atoms with Crippen molar-refractivity contribution in [3.05, 3.63) is 60.2 Å². The van der Waals surface area contributed by atoms with Crippen LogP contribution in [0.25, 0.3) is 0 Å². The molecule has 6 N–H and O–H groups in total. The van der Waals surface area contributed by atoms with E-state index in [0.29, 0.717) is 17.2 Å². The van der Waals surface area contributed by atoms with E-state index in [9.17, 15) is 19.2 Å². The lowest BCUT2D eigenvalue weighted by atomic mass is 10.0. The van der Waals surface area contributed by atoms with Gasteiger partial charge in [-0.3, -0.25) is 19.2 Å². The molecule has 2 aliphatic heterocycles. The number of carbonyl (C=O) groups excluding carboxylic acids is 4. The van der Waals surface area contributed by atoms with Gasteiger partial charge in [-0.1, -0.05) is 42.5 Å². The van der Waals surface area contributed by atoms with Crippen molar-refractivity contribution in [2.45, 2.75) is 22.2 Å². The molecule has 2 aliphatic rings. The summed E-state index contributed by atoms with van der Waals surface area (Å²) in [6.07, 6.45) is 0. The van der Waals surface area contributed by atoms with Crippen molar-refractivity contribution in [2.75, 3.05) is 23.0 Å². The summed E-state index contributed by atoms with van der Waals surface area (Å²) in [5.41, 5.74) is 6.87. The normalized spacial score (nSPS) is 22.3. The second-order valence-electron chi connectivity index (χ2n) is 7.43. The van der Waals surface area contributed by atoms with Crippen LogP contribution in [0, 0.1) is 0 Å². The van der Waals surface area contributed by atoms with Crippen LogP contribution in [0.5, 0.6) is 0 Å². The fraction of sp³-hybridized carbons (Fsp3) is 0.273. The van der Waals surface area contributed by atoms with E-state index in [0.717, 1.165) is 10.5 Å². The van der Waals surface area contributed by atoms with Gasteiger partial charge in [-0.05, 0) is 17.7 Å². The highest BCUT2D eigenvalue weighted by molar-refractivity contribution is 8.00. The fourth-order valence-electron chi connectivity index (χ4n) is 3.70. The molecule has 3 atom stereocenters. The second kappa shape index (κ2) is 10.7. The van der Waals surface area contributed by atoms with Gasteiger partial charge in [0, 0.05) is 10.6 Å². The third-order valence-electron chi connectivity index (χ3n) is 5.15. The average molecular weight is 489 g/mol. The van der Waals surface area contributed by atoms with Crippen LogP contribution in [-0.4, -0.2) is 59.2 Å². The van der Waals surface area contributed by atoms with Crippen LogP contribution in [0.15, 0.2) is 59.5 Å². The van der Waals surface area contributed by atoms with E-state index in [1.165, 1.54) is 28.4 Å². The number of para-hydroxylation sites is 1. The van der Waals surface area contributed by atoms with Gasteiger partial charge in [0.15, 0.2) is 0 Å². The quantitative estimate of drug-likeness (QED) is 0.548. The molecular formula is C22H24N4O5S2. The van der Waals surface area contributed by atoms with Crippen molar-refractivity contribution >= 4 is 52.8 Å². The highest BCUT2D eigenvalue weighted by Crippen LogP contribution is 2.45. The molecule has 0 spiro atoms. The van der Waals surface area contributed by atoms with E-state index in [1.54, 1.807) is 12.1 Å². The van der Waals surface area contributed by atoms with Crippen molar-refractivity contribution in [3.8, 4) is 0 Å². The van der Waals surface area contributed by atoms with Crippen LogP contribution in [-0.2, 0) is 19.2 Å². The molecule has 2 heterocycles. The first-order chi connectivity index (χ1) is 15.4. The monoisotopic (exact) mass is 488 g/mol. The van der Waals surface area contributed by atoms with Crippen molar-refractivity contribution in [2.24, 2.45) is 5.73 Å². The van der Waals surface area contributed by atoms with Crippen LogP contribution < -0.4 is 21.3 Å². The number of nitrogens with two attached hydrogens (primary N) is 1. The first-order valence-corrected chi connectivity index (χ1v) is 12.1. The summed E-state index contributed by atoms with van der Waals surface area (Å²) >= 11 is 2.81. The van der Waals surface area contributed by atoms with Crippen molar-refractivity contribution in [3.63, 3.8) is 0 Å². The molecule has 9 nitrogen and oxygen atoms in total. The van der Waals surface area contributed by atoms with Crippen molar-refractivity contribution in [1.82, 2.24) is 10.6 Å². The Balaban J connectivity index is 0.00000306. The van der Waals surface area contributed by atoms with Crippen LogP contribution >= 0.6 is 23.5 Å². The lowest BCUT2D eigenvalue weighted by Gasteiger charge is -2.30. The van der Waals surface area contributed by atoms with E-state index in [4.69, 9.17) is 5.73 Å². The molecule has 3 unspecified atom stereocenters. The molecule has 0 aliphatic carbocycles. The molecule has 1 fully saturated rings. The maximum Gasteiger partial charge on any atom is 0.251 e. The molecule has 2 aromatic rings. The van der Waals surface area contributed by atoms with E-state index >= 15 is 0 Å². The Bertz CT molecular complexity index is 1050. The summed E-state index contributed by atoms with van der Waals surface area (Å²) in [4.78, 5) is 52.4. The molecule has 11 heteroatoms. The van der Waals surface area contributed by atoms with Gasteiger partial charge in [-0.25, -0.2) is 0 Å². The Morgan fingerprint density at radius 3 is 2.48 bits per heavy atom. The number of hydrogen-bond donors (Lipinski definition) is 3. The molecule has 0 aromatic heterocycles. The molecule has 1 saturated heterocycles. The molecule has 174 valence electrons. The summed E-state index contributed by atoms with van der Waals surface area (Å²) in [7, 11) is 0. The Morgan fingerprint density at radius 1 is 1.09 bits per heavy atom. The van der Waals surface area contributed by atoms with Gasteiger partial charge >= 0.3 is 0 Å². The highest BCUT2D eigenvalue weighted by atomic mass is 32.2. The standard InChI is InChI=1S/C22H22N4O4S2.H2O/c23-17(27)10-26-15-8-4-5-9-16(15)32-20(13-6-2-1-3-7-13)19(22(26)30)25-21(29)14-11-31-12-18(28)24-14;/h1-9,14,19-20H,10-12H2,(H2,23,27)(H,24,28)(H,25,29);1H2. The number of primary amides is 1. The first kappa shape index (κ1) is 24.6. The Labute approximate surface area is 199 Å². The molecule has 0 bridgehead atoms. The molecule has 33 heavy (non-hydrogen) atoms. The summed E-state index contributed by atoms with van der Waals surface area (Å²) in [6.45, 7) is -0.305. The van der Waals surface area contributed by atoms with Gasteiger partial charge < -0.3 is 26.7 Å². The zero-order valence-electron chi connectivity index (χ0n) is 17.5. The fourth-order valence-corrected chi connectivity index (χ4v) is 5.90. The molecular weight excluding hydrogens is 464 g/mol. The average Bonchev–Trinajstić information content (AvgIpc) is 2.90. The van der Waals surface area contributed by atoms with E-state index < -0.39 is 35.1 Å². The maximum atomic E-state index is 13.7. The van der Waals surface area contributed by atoms with Gasteiger partial charge in [0.25, 0.3) is 5.91 Å². The number of amides is 4. The van der Waals surface area contributed by atoms with Crippen LogP contribution in [0.1, 0.15) is 10.8 Å². The summed E-state index contributed by atoms with van der Waals surface area (Å²) in [5, 5.41) is 5.08. The number of fused-ring (bicyclic) bond motifs is 1. The number of nitrogens with zero attached hydrogens (tertiary/aromatic N) is 1. The van der Waals surface area contributed by atoms with Crippen molar-refractivity contribution < 1.29 is 24.7 Å². The van der Waals surface area contributed by atoms with E-state index in [2.05, 4.69) is 10.6 Å². The van der Waals surface area contributed by atoms with Gasteiger partial charge in [0.1, 0.15) is 18.6 Å². The van der Waals surface area contributed by atoms with E-state index in [1.807, 2.05) is 42.5 Å². The zero-order valence-corrected chi connectivity index (χ0v) is 19.2. The molecule has 0 saturated carbocycles. The number of nitrogens with one attached hydrogen (secondary N) is 2. The highest BCUT2D eigenvalue weighted by Gasteiger charge is 2.41. The minimum Gasteiger partial charge on any atom is -0.412 e. The third-order valence-corrected chi connectivity index (χ3v) is 7.59. The lowest BCUT2D eigenvalue weighted by Crippen LogP contribution is -2.58. The Hall–Kier alpha value is -3.02. The van der Waals surface area contributed by atoms with Crippen molar-refractivity contribution in [1.29, 1.82) is 0 Å². The Morgan fingerprint density at radius 2 is 1.79 bits per heavy atom. The van der Waals surface area contributed by atoms with Crippen LogP contribution in [0.3, 0.4) is 0 Å². The van der Waals surface area contributed by atoms with E-state index in [-0.39, 0.29) is 17.9 Å². The van der Waals surface area contributed by atoms with Gasteiger partial charge in [-0.2, -0.15) is 0 Å². The summed E-state index contributed by atoms with van der Waals surface area (Å²) < 4.78 is 0. The maximum absolute atomic E-state index is 13.7. The summed E-state index contributed by atoms with van der Waals surface area (Å²) in [5.74, 6) is -1.01. The SMILES string of the molecule is NC(=O)CN1C(=O)C(NC(=O)C2CSCC(=O)N2)C(c2ccccc2)Sc2ccccc21.O. The van der Waals surface area contributed by atoms with Gasteiger partial charge in [0.2, 0.25) is 17.7 Å². The molecule has 2 aromatic carbocycles. The number of carbonyl (C=O) groups is 4. The zero-order chi connectivity index (χ0) is 22.7. The van der Waals surface area contributed by atoms with Crippen LogP contribution in [0.2, 0.25) is 0 Å². The number of thioether (sulfide) groups is 2. The molecule has 4 rings (SSSR count). The first-order valence-electron chi connectivity index (χ1n) is 10.0. The smallest absolute Gasteiger partial charge is 0.251 e. The largest absolute Gasteiger partial charge is 0.412 e. The predicted molar refractivity (Wildman–Crippen MR) is 128 cm³/mol. The number of rotatable bonds is 5. The minimum absolute atomic E-state index is 0. The number of anilines is 1. The molecule has 4 amide bonds. The Kier molecular flexibility index (Phi) is 8.01. The number of hydrogen-bond acceptors (Lipinski definition) is 6. The predicted octanol–water partition coefficient (Wildman–Crippen LogP) is 0.244. The second-order valence-corrected chi connectivity index (χ2v) is 9.64. The van der Waals surface area contributed by atoms with Crippen LogP contribution in [0.4, 0.5) is 5.69 Å². The van der Waals surface area contributed by atoms with Gasteiger partial charge in [0.05, 0.1) is 16.7 Å². The topological polar surface area (TPSA) is 153 Å².